The summed E-state index contributed by atoms with van der Waals surface area (Å²) in [4.78, 5) is 19.6. The molecular weight excluding hydrogens is 358 g/mol. The molecule has 0 atom stereocenters. The summed E-state index contributed by atoms with van der Waals surface area (Å²) in [6, 6.07) is 11.2. The molecule has 3 aromatic rings. The number of halogens is 1. The maximum atomic E-state index is 12.4. The first-order chi connectivity index (χ1) is 12.2. The second kappa shape index (κ2) is 6.98. The fraction of sp³-hybridized carbons (Fsp3) is 0.278. The Morgan fingerprint density at radius 2 is 2.08 bits per heavy atom. The summed E-state index contributed by atoms with van der Waals surface area (Å²) in [5, 5.41) is 6.64. The van der Waals surface area contributed by atoms with E-state index >= 15 is 0 Å². The summed E-state index contributed by atoms with van der Waals surface area (Å²) in [5.74, 6) is 1.49. The Hall–Kier alpha value is -2.18. The number of likely N-dealkylation sites (tertiary alicyclic amines) is 1. The molecule has 128 valence electrons. The Kier molecular flexibility index (Phi) is 4.55. The van der Waals surface area contributed by atoms with E-state index in [0.717, 1.165) is 23.3 Å². The molecule has 0 spiro atoms. The minimum absolute atomic E-state index is 0.110. The average molecular weight is 374 g/mol. The van der Waals surface area contributed by atoms with Crippen molar-refractivity contribution in [1.82, 2.24) is 15.0 Å². The lowest BCUT2D eigenvalue weighted by Gasteiger charge is -2.30. The van der Waals surface area contributed by atoms with Crippen molar-refractivity contribution in [3.8, 4) is 11.4 Å². The predicted octanol–water partition coefficient (Wildman–Crippen LogP) is 4.47. The van der Waals surface area contributed by atoms with Crippen LogP contribution in [-0.2, 0) is 0 Å². The maximum absolute atomic E-state index is 12.4. The molecule has 4 rings (SSSR count). The predicted molar refractivity (Wildman–Crippen MR) is 96.9 cm³/mol. The summed E-state index contributed by atoms with van der Waals surface area (Å²) < 4.78 is 5.46. The lowest BCUT2D eigenvalue weighted by Crippen LogP contribution is -2.37. The molecule has 0 unspecified atom stereocenters. The second-order valence-corrected chi connectivity index (χ2v) is 7.39. The van der Waals surface area contributed by atoms with Crippen LogP contribution in [0.2, 0.25) is 5.02 Å². The number of piperidine rings is 1. The third-order valence-corrected chi connectivity index (χ3v) is 5.48. The van der Waals surface area contributed by atoms with Crippen LogP contribution < -0.4 is 0 Å². The first-order valence-corrected chi connectivity index (χ1v) is 9.39. The van der Waals surface area contributed by atoms with Gasteiger partial charge in [0.2, 0.25) is 11.7 Å². The number of rotatable bonds is 3. The van der Waals surface area contributed by atoms with Crippen molar-refractivity contribution >= 4 is 28.8 Å². The molecule has 1 saturated heterocycles. The van der Waals surface area contributed by atoms with Crippen molar-refractivity contribution in [3.63, 3.8) is 0 Å². The highest BCUT2D eigenvalue weighted by Crippen LogP contribution is 2.30. The number of carbonyl (C=O) groups excluding carboxylic acids is 1. The Balaban J connectivity index is 1.42. The molecule has 0 saturated carbocycles. The number of carbonyl (C=O) groups is 1. The third kappa shape index (κ3) is 3.45. The lowest BCUT2D eigenvalue weighted by molar-refractivity contribution is 0.0709. The smallest absolute Gasteiger partial charge is 0.263 e. The van der Waals surface area contributed by atoms with Gasteiger partial charge >= 0.3 is 0 Å². The van der Waals surface area contributed by atoms with Crippen LogP contribution >= 0.6 is 22.9 Å². The van der Waals surface area contributed by atoms with E-state index in [9.17, 15) is 4.79 Å². The normalized spacial score (nSPS) is 15.5. The van der Waals surface area contributed by atoms with Gasteiger partial charge in [0, 0.05) is 29.6 Å². The quantitative estimate of drug-likeness (QED) is 0.679. The van der Waals surface area contributed by atoms with Gasteiger partial charge in [-0.25, -0.2) is 0 Å². The van der Waals surface area contributed by atoms with Gasteiger partial charge in [-0.2, -0.15) is 4.98 Å². The molecule has 1 aromatic carbocycles. The maximum Gasteiger partial charge on any atom is 0.263 e. The van der Waals surface area contributed by atoms with Crippen LogP contribution in [0.1, 0.15) is 34.3 Å². The summed E-state index contributed by atoms with van der Waals surface area (Å²) in [6.07, 6.45) is 1.66. The summed E-state index contributed by atoms with van der Waals surface area (Å²) in [7, 11) is 0. The number of benzene rings is 1. The van der Waals surface area contributed by atoms with E-state index in [2.05, 4.69) is 10.1 Å². The SMILES string of the molecule is O=C(c1cccs1)N1CCC(c2nc(-c3cccc(Cl)c3)no2)CC1. The monoisotopic (exact) mass is 373 g/mol. The number of amides is 1. The van der Waals surface area contributed by atoms with Crippen molar-refractivity contribution in [2.75, 3.05) is 13.1 Å². The Morgan fingerprint density at radius 1 is 1.24 bits per heavy atom. The molecule has 1 amide bonds. The van der Waals surface area contributed by atoms with Crippen molar-refractivity contribution in [1.29, 1.82) is 0 Å². The van der Waals surface area contributed by atoms with Crippen LogP contribution in [0.5, 0.6) is 0 Å². The molecule has 0 aliphatic carbocycles. The highest BCUT2D eigenvalue weighted by molar-refractivity contribution is 7.12. The van der Waals surface area contributed by atoms with E-state index in [0.29, 0.717) is 29.8 Å². The van der Waals surface area contributed by atoms with Gasteiger partial charge in [-0.05, 0) is 36.4 Å². The summed E-state index contributed by atoms with van der Waals surface area (Å²) in [6.45, 7) is 1.41. The lowest BCUT2D eigenvalue weighted by atomic mass is 9.96. The fourth-order valence-electron chi connectivity index (χ4n) is 3.03. The Bertz CT molecular complexity index is 870. The van der Waals surface area contributed by atoms with Crippen LogP contribution in [0.4, 0.5) is 0 Å². The zero-order chi connectivity index (χ0) is 17.2. The molecular formula is C18H16ClN3O2S. The molecule has 0 bridgehead atoms. The number of aromatic nitrogens is 2. The van der Waals surface area contributed by atoms with Crippen LogP contribution in [0.15, 0.2) is 46.3 Å². The van der Waals surface area contributed by atoms with E-state index in [1.54, 1.807) is 0 Å². The van der Waals surface area contributed by atoms with E-state index in [4.69, 9.17) is 16.1 Å². The van der Waals surface area contributed by atoms with Crippen LogP contribution in [0, 0.1) is 0 Å². The van der Waals surface area contributed by atoms with Crippen LogP contribution in [0.3, 0.4) is 0 Å². The number of nitrogens with zero attached hydrogens (tertiary/aromatic N) is 3. The molecule has 5 nitrogen and oxygen atoms in total. The molecule has 1 aliphatic rings. The van der Waals surface area contributed by atoms with Gasteiger partial charge in [-0.15, -0.1) is 11.3 Å². The van der Waals surface area contributed by atoms with Gasteiger partial charge in [-0.3, -0.25) is 4.79 Å². The van der Waals surface area contributed by atoms with Gasteiger partial charge in [0.05, 0.1) is 4.88 Å². The molecule has 25 heavy (non-hydrogen) atoms. The van der Waals surface area contributed by atoms with E-state index in [-0.39, 0.29) is 11.8 Å². The van der Waals surface area contributed by atoms with Gasteiger partial charge in [0.25, 0.3) is 5.91 Å². The van der Waals surface area contributed by atoms with Crippen molar-refractivity contribution in [2.24, 2.45) is 0 Å². The first kappa shape index (κ1) is 16.3. The zero-order valence-electron chi connectivity index (χ0n) is 13.4. The van der Waals surface area contributed by atoms with E-state index < -0.39 is 0 Å². The molecule has 2 aromatic heterocycles. The summed E-state index contributed by atoms with van der Waals surface area (Å²) in [5.41, 5.74) is 0.841. The minimum Gasteiger partial charge on any atom is -0.339 e. The number of hydrogen-bond donors (Lipinski definition) is 0. The minimum atomic E-state index is 0.110. The van der Waals surface area contributed by atoms with Gasteiger partial charge < -0.3 is 9.42 Å². The largest absolute Gasteiger partial charge is 0.339 e. The summed E-state index contributed by atoms with van der Waals surface area (Å²) >= 11 is 7.50. The average Bonchev–Trinajstić information content (AvgIpc) is 3.33. The van der Waals surface area contributed by atoms with Gasteiger partial charge in [-0.1, -0.05) is 35.0 Å². The topological polar surface area (TPSA) is 59.2 Å². The highest BCUT2D eigenvalue weighted by Gasteiger charge is 2.28. The van der Waals surface area contributed by atoms with Crippen molar-refractivity contribution in [3.05, 3.63) is 57.6 Å². The fourth-order valence-corrected chi connectivity index (χ4v) is 3.91. The van der Waals surface area contributed by atoms with Gasteiger partial charge in [0.15, 0.2) is 0 Å². The molecule has 1 aliphatic heterocycles. The standard InChI is InChI=1S/C18H16ClN3O2S/c19-14-4-1-3-13(11-14)16-20-17(24-21-16)12-6-8-22(9-7-12)18(23)15-5-2-10-25-15/h1-5,10-12H,6-9H2. The van der Waals surface area contributed by atoms with Crippen molar-refractivity contribution < 1.29 is 9.32 Å². The number of thiophene rings is 1. The second-order valence-electron chi connectivity index (χ2n) is 6.01. The zero-order valence-corrected chi connectivity index (χ0v) is 15.0. The van der Waals surface area contributed by atoms with E-state index in [1.807, 2.05) is 46.7 Å². The first-order valence-electron chi connectivity index (χ1n) is 8.13. The highest BCUT2D eigenvalue weighted by atomic mass is 35.5. The Morgan fingerprint density at radius 3 is 2.80 bits per heavy atom. The molecule has 1 fully saturated rings. The van der Waals surface area contributed by atoms with Gasteiger partial charge in [0.1, 0.15) is 0 Å². The van der Waals surface area contributed by atoms with Crippen LogP contribution in [0.25, 0.3) is 11.4 Å². The molecule has 0 N–H and O–H groups in total. The van der Waals surface area contributed by atoms with Crippen molar-refractivity contribution in [2.45, 2.75) is 18.8 Å². The van der Waals surface area contributed by atoms with E-state index in [1.165, 1.54) is 11.3 Å². The van der Waals surface area contributed by atoms with Crippen LogP contribution in [-0.4, -0.2) is 34.0 Å². The number of hydrogen-bond acceptors (Lipinski definition) is 5. The molecule has 3 heterocycles. The molecule has 7 heteroatoms. The third-order valence-electron chi connectivity index (χ3n) is 4.39. The Labute approximate surface area is 154 Å². The molecule has 0 radical (unpaired) electrons.